The van der Waals surface area contributed by atoms with Crippen molar-refractivity contribution >= 4 is 20.0 Å². The van der Waals surface area contributed by atoms with Crippen molar-refractivity contribution in [3.8, 4) is 0 Å². The van der Waals surface area contributed by atoms with Crippen molar-refractivity contribution in [3.63, 3.8) is 0 Å². The van der Waals surface area contributed by atoms with Gasteiger partial charge in [-0.3, -0.25) is 0 Å². The second kappa shape index (κ2) is 6.21. The quantitative estimate of drug-likeness (QED) is 0.817. The number of sulfonamides is 2. The van der Waals surface area contributed by atoms with E-state index in [1.807, 2.05) is 13.8 Å². The van der Waals surface area contributed by atoms with Gasteiger partial charge in [0, 0.05) is 6.04 Å². The molecule has 0 spiro atoms. The summed E-state index contributed by atoms with van der Waals surface area (Å²) in [7, 11) is -7.69. The third-order valence-electron chi connectivity index (χ3n) is 3.28. The first-order valence-electron chi connectivity index (χ1n) is 6.23. The van der Waals surface area contributed by atoms with Gasteiger partial charge in [-0.2, -0.15) is 0 Å². The normalized spacial score (nSPS) is 15.8. The Kier molecular flexibility index (Phi) is 5.31. The third kappa shape index (κ3) is 4.27. The molecule has 20 heavy (non-hydrogen) atoms. The minimum absolute atomic E-state index is 0.112. The summed E-state index contributed by atoms with van der Waals surface area (Å²) in [6.07, 6.45) is 0.834. The fourth-order valence-electron chi connectivity index (χ4n) is 1.60. The minimum Gasteiger partial charge on any atom is -0.225 e. The predicted molar refractivity (Wildman–Crippen MR) is 77.1 cm³/mol. The van der Waals surface area contributed by atoms with E-state index in [4.69, 9.17) is 5.14 Å². The van der Waals surface area contributed by atoms with Crippen molar-refractivity contribution in [2.45, 2.75) is 43.0 Å². The van der Waals surface area contributed by atoms with Gasteiger partial charge in [0.25, 0.3) is 0 Å². The maximum atomic E-state index is 12.2. The lowest BCUT2D eigenvalue weighted by Gasteiger charge is -2.19. The molecule has 0 aromatic heterocycles. The Balaban J connectivity index is 3.11. The molecule has 2 unspecified atom stereocenters. The molecular formula is C12H20N2O4S2. The average Bonchev–Trinajstić information content (AvgIpc) is 2.36. The number of benzene rings is 1. The van der Waals surface area contributed by atoms with Crippen LogP contribution in [0.1, 0.15) is 27.2 Å². The highest BCUT2D eigenvalue weighted by Crippen LogP contribution is 2.16. The molecule has 3 N–H and O–H groups in total. The monoisotopic (exact) mass is 320 g/mol. The Morgan fingerprint density at radius 1 is 1.15 bits per heavy atom. The summed E-state index contributed by atoms with van der Waals surface area (Å²) in [6.45, 7) is 5.68. The van der Waals surface area contributed by atoms with Gasteiger partial charge in [0.2, 0.25) is 20.0 Å². The van der Waals surface area contributed by atoms with Gasteiger partial charge >= 0.3 is 0 Å². The molecule has 6 nitrogen and oxygen atoms in total. The van der Waals surface area contributed by atoms with Crippen LogP contribution in [0.2, 0.25) is 0 Å². The number of rotatable bonds is 6. The fourth-order valence-corrected chi connectivity index (χ4v) is 3.63. The van der Waals surface area contributed by atoms with Crippen molar-refractivity contribution in [2.75, 3.05) is 0 Å². The lowest BCUT2D eigenvalue weighted by Crippen LogP contribution is -2.36. The van der Waals surface area contributed by atoms with Crippen molar-refractivity contribution in [3.05, 3.63) is 24.3 Å². The largest absolute Gasteiger partial charge is 0.240 e. The Morgan fingerprint density at radius 3 is 2.20 bits per heavy atom. The molecular weight excluding hydrogens is 300 g/mol. The van der Waals surface area contributed by atoms with Crippen LogP contribution in [0.4, 0.5) is 0 Å². The van der Waals surface area contributed by atoms with E-state index in [0.29, 0.717) is 0 Å². The number of nitrogens with one attached hydrogen (secondary N) is 1. The fraction of sp³-hybridized carbons (Fsp3) is 0.500. The van der Waals surface area contributed by atoms with Crippen LogP contribution in [0.5, 0.6) is 0 Å². The van der Waals surface area contributed by atoms with Crippen LogP contribution in [0.25, 0.3) is 0 Å². The highest BCUT2D eigenvalue weighted by Gasteiger charge is 2.21. The maximum Gasteiger partial charge on any atom is 0.240 e. The summed E-state index contributed by atoms with van der Waals surface area (Å²) in [5.41, 5.74) is 0. The van der Waals surface area contributed by atoms with E-state index in [1.165, 1.54) is 18.2 Å². The van der Waals surface area contributed by atoms with E-state index in [0.717, 1.165) is 12.5 Å². The molecule has 1 aromatic rings. The van der Waals surface area contributed by atoms with Gasteiger partial charge in [-0.25, -0.2) is 26.7 Å². The van der Waals surface area contributed by atoms with Gasteiger partial charge in [0.05, 0.1) is 9.79 Å². The summed E-state index contributed by atoms with van der Waals surface area (Å²) in [6, 6.07) is 4.75. The number of hydrogen-bond acceptors (Lipinski definition) is 4. The van der Waals surface area contributed by atoms with Crippen molar-refractivity contribution in [1.29, 1.82) is 0 Å². The Morgan fingerprint density at radius 2 is 1.70 bits per heavy atom. The minimum atomic E-state index is -3.93. The molecule has 0 heterocycles. The topological polar surface area (TPSA) is 106 Å². The van der Waals surface area contributed by atoms with Gasteiger partial charge in [-0.05, 0) is 31.0 Å². The zero-order valence-corrected chi connectivity index (χ0v) is 13.3. The third-order valence-corrected chi connectivity index (χ3v) is 5.75. The van der Waals surface area contributed by atoms with E-state index in [-0.39, 0.29) is 21.8 Å². The van der Waals surface area contributed by atoms with Gasteiger partial charge < -0.3 is 0 Å². The molecule has 0 aliphatic heterocycles. The lowest BCUT2D eigenvalue weighted by atomic mass is 10.0. The van der Waals surface area contributed by atoms with Crippen LogP contribution in [-0.4, -0.2) is 22.9 Å². The number of hydrogen-bond donors (Lipinski definition) is 2. The Hall–Kier alpha value is -0.960. The highest BCUT2D eigenvalue weighted by molar-refractivity contribution is 7.90. The zero-order chi connectivity index (χ0) is 15.6. The molecule has 1 aromatic carbocycles. The molecule has 2 atom stereocenters. The van der Waals surface area contributed by atoms with Gasteiger partial charge in [0.15, 0.2) is 0 Å². The smallest absolute Gasteiger partial charge is 0.225 e. The molecule has 0 aliphatic carbocycles. The first kappa shape index (κ1) is 17.1. The second-order valence-corrected chi connectivity index (χ2v) is 8.09. The number of nitrogens with two attached hydrogens (primary N) is 1. The van der Waals surface area contributed by atoms with Crippen LogP contribution in [-0.2, 0) is 20.0 Å². The Bertz CT molecular complexity index is 668. The van der Waals surface area contributed by atoms with E-state index in [1.54, 1.807) is 6.92 Å². The standard InChI is InChI=1S/C12H20N2O4S2/c1-4-9(2)10(3)14-20(17,18)12-7-5-6-11(8-12)19(13,15)16/h5-10,14H,4H2,1-3H3,(H2,13,15,16). The summed E-state index contributed by atoms with van der Waals surface area (Å²) < 4.78 is 49.4. The van der Waals surface area contributed by atoms with Crippen LogP contribution >= 0.6 is 0 Å². The molecule has 0 saturated heterocycles. The molecule has 0 radical (unpaired) electrons. The summed E-state index contributed by atoms with van der Waals surface area (Å²) in [4.78, 5) is -0.337. The average molecular weight is 320 g/mol. The van der Waals surface area contributed by atoms with Crippen LogP contribution in [0.15, 0.2) is 34.1 Å². The van der Waals surface area contributed by atoms with Crippen molar-refractivity contribution < 1.29 is 16.8 Å². The predicted octanol–water partition coefficient (Wildman–Crippen LogP) is 1.05. The van der Waals surface area contributed by atoms with Crippen molar-refractivity contribution in [2.24, 2.45) is 11.1 Å². The summed E-state index contributed by atoms with van der Waals surface area (Å²) >= 11 is 0. The molecule has 0 saturated carbocycles. The van der Waals surface area contributed by atoms with Crippen LogP contribution in [0.3, 0.4) is 0 Å². The Labute approximate surface area is 120 Å². The summed E-state index contributed by atoms with van der Waals surface area (Å²) in [5, 5.41) is 5.00. The molecule has 0 bridgehead atoms. The van der Waals surface area contributed by atoms with Gasteiger partial charge in [-0.1, -0.05) is 26.3 Å². The SMILES string of the molecule is CCC(C)C(C)NS(=O)(=O)c1cccc(S(N)(=O)=O)c1. The van der Waals surface area contributed by atoms with Gasteiger partial charge in [-0.15, -0.1) is 0 Å². The highest BCUT2D eigenvalue weighted by atomic mass is 32.2. The van der Waals surface area contributed by atoms with Crippen LogP contribution < -0.4 is 9.86 Å². The molecule has 8 heteroatoms. The molecule has 0 aliphatic rings. The second-order valence-electron chi connectivity index (χ2n) is 4.82. The van der Waals surface area contributed by atoms with E-state index in [2.05, 4.69) is 4.72 Å². The maximum absolute atomic E-state index is 12.2. The van der Waals surface area contributed by atoms with Crippen LogP contribution in [0, 0.1) is 5.92 Å². The first-order valence-corrected chi connectivity index (χ1v) is 9.26. The van der Waals surface area contributed by atoms with E-state index in [9.17, 15) is 16.8 Å². The van der Waals surface area contributed by atoms with Crippen molar-refractivity contribution in [1.82, 2.24) is 4.72 Å². The van der Waals surface area contributed by atoms with Gasteiger partial charge in [0.1, 0.15) is 0 Å². The lowest BCUT2D eigenvalue weighted by molar-refractivity contribution is 0.434. The number of primary sulfonamides is 1. The van der Waals surface area contributed by atoms with E-state index >= 15 is 0 Å². The zero-order valence-electron chi connectivity index (χ0n) is 11.7. The summed E-state index contributed by atoms with van der Waals surface area (Å²) in [5.74, 6) is 0.172. The first-order chi connectivity index (χ1) is 9.08. The molecule has 0 amide bonds. The van der Waals surface area contributed by atoms with E-state index < -0.39 is 20.0 Å². The molecule has 1 rings (SSSR count). The molecule has 114 valence electrons. The molecule has 0 fully saturated rings.